The Bertz CT molecular complexity index is 779. The number of aliphatic hydroxyl groups is 1. The highest BCUT2D eigenvalue weighted by Gasteiger charge is 2.16. The highest BCUT2D eigenvalue weighted by molar-refractivity contribution is 6.35. The first kappa shape index (κ1) is 17.8. The lowest BCUT2D eigenvalue weighted by molar-refractivity contribution is -0.139. The Kier molecular flexibility index (Phi) is 5.70. The Balaban J connectivity index is 1.40. The largest absolute Gasteiger partial charge is 0.454 e. The lowest BCUT2D eigenvalue weighted by Crippen LogP contribution is -2.40. The highest BCUT2D eigenvalue weighted by atomic mass is 16.7. The van der Waals surface area contributed by atoms with Crippen molar-refractivity contribution in [1.82, 2.24) is 10.6 Å². The first-order valence-corrected chi connectivity index (χ1v) is 8.31. The van der Waals surface area contributed by atoms with Crippen LogP contribution < -0.4 is 20.1 Å². The minimum atomic E-state index is -0.731. The van der Waals surface area contributed by atoms with Gasteiger partial charge < -0.3 is 25.2 Å². The number of hydrogen-bond donors (Lipinski definition) is 3. The van der Waals surface area contributed by atoms with E-state index in [-0.39, 0.29) is 19.9 Å². The molecule has 136 valence electrons. The van der Waals surface area contributed by atoms with Gasteiger partial charge in [0.1, 0.15) is 0 Å². The number of fused-ring (bicyclic) bond motifs is 1. The maximum absolute atomic E-state index is 11.9. The maximum Gasteiger partial charge on any atom is 0.309 e. The zero-order valence-corrected chi connectivity index (χ0v) is 14.1. The maximum atomic E-state index is 11.9. The van der Waals surface area contributed by atoms with Gasteiger partial charge in [-0.05, 0) is 29.7 Å². The summed E-state index contributed by atoms with van der Waals surface area (Å²) in [5, 5.41) is 15.1. The standard InChI is InChI=1S/C19H20N2O5/c22-15(14-4-2-1-3-5-14)8-9-20-18(23)19(24)21-11-13-6-7-16-17(10-13)26-12-25-16/h1-7,10,15,22H,8-9,11-12H2,(H,20,23)(H,21,24)/t15-/m1/s1. The lowest BCUT2D eigenvalue weighted by Gasteiger charge is -2.11. The van der Waals surface area contributed by atoms with E-state index in [9.17, 15) is 14.7 Å². The summed E-state index contributed by atoms with van der Waals surface area (Å²) < 4.78 is 10.5. The Morgan fingerprint density at radius 1 is 1.00 bits per heavy atom. The van der Waals surface area contributed by atoms with Gasteiger partial charge in [0.05, 0.1) is 6.10 Å². The normalized spacial score (nSPS) is 13.1. The summed E-state index contributed by atoms with van der Waals surface area (Å²) in [7, 11) is 0. The fourth-order valence-electron chi connectivity index (χ4n) is 2.56. The van der Waals surface area contributed by atoms with E-state index in [2.05, 4.69) is 10.6 Å². The average molecular weight is 356 g/mol. The summed E-state index contributed by atoms with van der Waals surface area (Å²) in [6.07, 6.45) is -0.362. The van der Waals surface area contributed by atoms with E-state index >= 15 is 0 Å². The third kappa shape index (κ3) is 4.52. The van der Waals surface area contributed by atoms with Crippen LogP contribution in [0.15, 0.2) is 48.5 Å². The van der Waals surface area contributed by atoms with Gasteiger partial charge in [0.2, 0.25) is 6.79 Å². The van der Waals surface area contributed by atoms with Crippen LogP contribution in [0.2, 0.25) is 0 Å². The summed E-state index contributed by atoms with van der Waals surface area (Å²) in [5.41, 5.74) is 1.57. The van der Waals surface area contributed by atoms with E-state index in [1.54, 1.807) is 18.2 Å². The van der Waals surface area contributed by atoms with E-state index in [0.29, 0.717) is 17.9 Å². The summed E-state index contributed by atoms with van der Waals surface area (Å²) in [5.74, 6) is -0.172. The molecule has 2 aromatic rings. The van der Waals surface area contributed by atoms with Gasteiger partial charge in [-0.2, -0.15) is 0 Å². The summed E-state index contributed by atoms with van der Waals surface area (Å²) in [6.45, 7) is 0.588. The molecule has 2 aromatic carbocycles. The molecule has 3 N–H and O–H groups in total. The molecule has 1 aliphatic rings. The number of benzene rings is 2. The Morgan fingerprint density at radius 2 is 1.73 bits per heavy atom. The number of ether oxygens (including phenoxy) is 2. The van der Waals surface area contributed by atoms with Gasteiger partial charge >= 0.3 is 11.8 Å². The molecule has 7 nitrogen and oxygen atoms in total. The fraction of sp³-hybridized carbons (Fsp3) is 0.263. The summed E-state index contributed by atoms with van der Waals surface area (Å²) in [6, 6.07) is 14.5. The molecule has 0 saturated heterocycles. The first-order chi connectivity index (χ1) is 12.6. The van der Waals surface area contributed by atoms with Crippen LogP contribution in [-0.2, 0) is 16.1 Å². The predicted octanol–water partition coefficient (Wildman–Crippen LogP) is 1.27. The molecule has 0 unspecified atom stereocenters. The van der Waals surface area contributed by atoms with Crippen molar-refractivity contribution in [3.8, 4) is 11.5 Å². The highest BCUT2D eigenvalue weighted by Crippen LogP contribution is 2.32. The van der Waals surface area contributed by atoms with E-state index in [1.165, 1.54) is 0 Å². The predicted molar refractivity (Wildman–Crippen MR) is 93.4 cm³/mol. The van der Waals surface area contributed by atoms with Crippen molar-refractivity contribution in [2.45, 2.75) is 19.1 Å². The topological polar surface area (TPSA) is 96.9 Å². The van der Waals surface area contributed by atoms with Crippen LogP contribution in [0.25, 0.3) is 0 Å². The molecule has 7 heteroatoms. The Hall–Kier alpha value is -3.06. The number of carbonyl (C=O) groups is 2. The van der Waals surface area contributed by atoms with Crippen LogP contribution in [0.5, 0.6) is 11.5 Å². The van der Waals surface area contributed by atoms with Gasteiger partial charge in [-0.1, -0.05) is 36.4 Å². The SMILES string of the molecule is O=C(NCC[C@@H](O)c1ccccc1)C(=O)NCc1ccc2c(c1)OCO2. The quantitative estimate of drug-likeness (QED) is 0.678. The minimum absolute atomic E-state index is 0.183. The van der Waals surface area contributed by atoms with Crippen molar-refractivity contribution in [2.75, 3.05) is 13.3 Å². The molecule has 0 aliphatic carbocycles. The molecule has 1 atom stereocenters. The van der Waals surface area contributed by atoms with E-state index in [0.717, 1.165) is 11.1 Å². The third-order valence-corrected chi connectivity index (χ3v) is 3.98. The molecule has 0 fully saturated rings. The molecular weight excluding hydrogens is 336 g/mol. The first-order valence-electron chi connectivity index (χ1n) is 8.31. The van der Waals surface area contributed by atoms with Crippen LogP contribution in [0, 0.1) is 0 Å². The van der Waals surface area contributed by atoms with Gasteiger partial charge in [0.25, 0.3) is 0 Å². The van der Waals surface area contributed by atoms with E-state index in [4.69, 9.17) is 9.47 Å². The second-order valence-electron chi connectivity index (χ2n) is 5.84. The molecule has 1 aliphatic heterocycles. The molecule has 26 heavy (non-hydrogen) atoms. The van der Waals surface area contributed by atoms with Crippen molar-refractivity contribution in [2.24, 2.45) is 0 Å². The number of nitrogens with one attached hydrogen (secondary N) is 2. The van der Waals surface area contributed by atoms with Gasteiger partial charge in [-0.15, -0.1) is 0 Å². The Morgan fingerprint density at radius 3 is 2.54 bits per heavy atom. The summed E-state index contributed by atoms with van der Waals surface area (Å²) in [4.78, 5) is 23.7. The van der Waals surface area contributed by atoms with Crippen molar-refractivity contribution in [3.63, 3.8) is 0 Å². The number of carbonyl (C=O) groups excluding carboxylic acids is 2. The monoisotopic (exact) mass is 356 g/mol. The number of hydrogen-bond acceptors (Lipinski definition) is 5. The molecule has 1 heterocycles. The van der Waals surface area contributed by atoms with Crippen molar-refractivity contribution in [3.05, 3.63) is 59.7 Å². The van der Waals surface area contributed by atoms with Crippen molar-refractivity contribution >= 4 is 11.8 Å². The molecule has 2 amide bonds. The van der Waals surface area contributed by atoms with Crippen LogP contribution in [-0.4, -0.2) is 30.3 Å². The van der Waals surface area contributed by atoms with Crippen molar-refractivity contribution in [1.29, 1.82) is 0 Å². The minimum Gasteiger partial charge on any atom is -0.454 e. The third-order valence-electron chi connectivity index (χ3n) is 3.98. The molecular formula is C19H20N2O5. The van der Waals surface area contributed by atoms with Crippen LogP contribution in [0.3, 0.4) is 0 Å². The van der Waals surface area contributed by atoms with Gasteiger partial charge in [-0.3, -0.25) is 9.59 Å². The molecule has 0 bridgehead atoms. The average Bonchev–Trinajstić information content (AvgIpc) is 3.14. The molecule has 3 rings (SSSR count). The molecule has 0 spiro atoms. The second-order valence-corrected chi connectivity index (χ2v) is 5.84. The fourth-order valence-corrected chi connectivity index (χ4v) is 2.56. The van der Waals surface area contributed by atoms with Gasteiger partial charge in [-0.25, -0.2) is 0 Å². The smallest absolute Gasteiger partial charge is 0.309 e. The molecule has 0 radical (unpaired) electrons. The number of rotatable bonds is 6. The summed E-state index contributed by atoms with van der Waals surface area (Å²) >= 11 is 0. The second kappa shape index (κ2) is 8.35. The van der Waals surface area contributed by atoms with Crippen molar-refractivity contribution < 1.29 is 24.2 Å². The van der Waals surface area contributed by atoms with E-state index < -0.39 is 17.9 Å². The van der Waals surface area contributed by atoms with Crippen LogP contribution in [0.4, 0.5) is 0 Å². The van der Waals surface area contributed by atoms with Crippen LogP contribution in [0.1, 0.15) is 23.7 Å². The van der Waals surface area contributed by atoms with Crippen LogP contribution >= 0.6 is 0 Å². The lowest BCUT2D eigenvalue weighted by atomic mass is 10.1. The van der Waals surface area contributed by atoms with Gasteiger partial charge in [0, 0.05) is 13.1 Å². The Labute approximate surface area is 150 Å². The van der Waals surface area contributed by atoms with Gasteiger partial charge in [0.15, 0.2) is 11.5 Å². The number of aliphatic hydroxyl groups excluding tert-OH is 1. The zero-order chi connectivity index (χ0) is 18.4. The number of amides is 2. The zero-order valence-electron chi connectivity index (χ0n) is 14.1. The molecule has 0 aromatic heterocycles. The molecule has 0 saturated carbocycles. The van der Waals surface area contributed by atoms with E-state index in [1.807, 2.05) is 30.3 Å².